The second-order valence-corrected chi connectivity index (χ2v) is 6.49. The molecule has 0 spiro atoms. The molecular weight excluding hydrogens is 344 g/mol. The van der Waals surface area contributed by atoms with Crippen LogP contribution in [-0.4, -0.2) is 18.7 Å². The first-order valence-corrected chi connectivity index (χ1v) is 8.51. The molecule has 3 nitrogen and oxygen atoms in total. The van der Waals surface area contributed by atoms with Gasteiger partial charge in [-0.25, -0.2) is 0 Å². The van der Waals surface area contributed by atoms with Gasteiger partial charge >= 0.3 is 5.97 Å². The van der Waals surface area contributed by atoms with Gasteiger partial charge in [0.1, 0.15) is 11.9 Å². The van der Waals surface area contributed by atoms with Gasteiger partial charge in [-0.3, -0.25) is 4.79 Å². The SMILES string of the molecule is CCOC(=O)Cc1ccccc1O[C@H](C)C(C=C(C)Br)CC. The molecule has 0 N–H and O–H groups in total. The Morgan fingerprint density at radius 1 is 1.32 bits per heavy atom. The van der Waals surface area contributed by atoms with Crippen molar-refractivity contribution >= 4 is 21.9 Å². The quantitative estimate of drug-likeness (QED) is 0.613. The van der Waals surface area contributed by atoms with Gasteiger partial charge in [0.2, 0.25) is 0 Å². The summed E-state index contributed by atoms with van der Waals surface area (Å²) in [6.45, 7) is 8.42. The van der Waals surface area contributed by atoms with Gasteiger partial charge in [0.15, 0.2) is 0 Å². The van der Waals surface area contributed by atoms with Crippen molar-refractivity contribution < 1.29 is 14.3 Å². The number of esters is 1. The zero-order valence-corrected chi connectivity index (χ0v) is 15.4. The number of ether oxygens (including phenoxy) is 2. The van der Waals surface area contributed by atoms with E-state index in [2.05, 4.69) is 35.9 Å². The number of para-hydroxylation sites is 1. The standard InChI is InChI=1S/C18H25BrO3/c1-5-15(11-13(3)19)14(4)22-17-10-8-7-9-16(17)12-18(20)21-6-2/h7-11,14-15H,5-6,12H2,1-4H3/t14-,15?/m1/s1. The summed E-state index contributed by atoms with van der Waals surface area (Å²) < 4.78 is 12.2. The first-order valence-electron chi connectivity index (χ1n) is 7.72. The Kier molecular flexibility index (Phi) is 8.25. The third kappa shape index (κ3) is 6.22. The molecule has 0 heterocycles. The molecule has 2 atom stereocenters. The molecule has 0 aromatic heterocycles. The van der Waals surface area contributed by atoms with Gasteiger partial charge in [-0.05, 0) is 37.7 Å². The van der Waals surface area contributed by atoms with Crippen LogP contribution in [0.4, 0.5) is 0 Å². The van der Waals surface area contributed by atoms with Gasteiger partial charge < -0.3 is 9.47 Å². The van der Waals surface area contributed by atoms with Crippen molar-refractivity contribution in [3.8, 4) is 5.75 Å². The molecule has 0 saturated heterocycles. The predicted octanol–water partition coefficient (Wildman–Crippen LogP) is 4.88. The van der Waals surface area contributed by atoms with Crippen LogP contribution in [0.1, 0.15) is 39.7 Å². The number of allylic oxidation sites excluding steroid dienone is 1. The maximum atomic E-state index is 11.7. The summed E-state index contributed by atoms with van der Waals surface area (Å²) in [6.07, 6.45) is 3.42. The first kappa shape index (κ1) is 18.8. The van der Waals surface area contributed by atoms with Crippen molar-refractivity contribution in [1.82, 2.24) is 0 Å². The highest BCUT2D eigenvalue weighted by Gasteiger charge is 2.17. The van der Waals surface area contributed by atoms with Crippen LogP contribution in [0.15, 0.2) is 34.8 Å². The molecule has 0 amide bonds. The Labute approximate surface area is 141 Å². The van der Waals surface area contributed by atoms with E-state index in [9.17, 15) is 4.79 Å². The van der Waals surface area contributed by atoms with Gasteiger partial charge in [0, 0.05) is 11.5 Å². The third-order valence-electron chi connectivity index (χ3n) is 3.44. The average Bonchev–Trinajstić information content (AvgIpc) is 2.46. The average molecular weight is 369 g/mol. The van der Waals surface area contributed by atoms with Crippen molar-refractivity contribution in [1.29, 1.82) is 0 Å². The molecule has 1 unspecified atom stereocenters. The van der Waals surface area contributed by atoms with Crippen molar-refractivity contribution in [2.75, 3.05) is 6.61 Å². The fourth-order valence-corrected chi connectivity index (χ4v) is 2.64. The van der Waals surface area contributed by atoms with Crippen LogP contribution in [0.25, 0.3) is 0 Å². The second-order valence-electron chi connectivity index (χ2n) is 5.24. The Morgan fingerprint density at radius 3 is 2.59 bits per heavy atom. The molecule has 1 aromatic rings. The smallest absolute Gasteiger partial charge is 0.310 e. The number of benzene rings is 1. The minimum Gasteiger partial charge on any atom is -0.490 e. The van der Waals surface area contributed by atoms with E-state index in [4.69, 9.17) is 9.47 Å². The summed E-state index contributed by atoms with van der Waals surface area (Å²) in [6, 6.07) is 7.64. The molecule has 122 valence electrons. The Balaban J connectivity index is 2.84. The molecule has 1 rings (SSSR count). The van der Waals surface area contributed by atoms with Crippen LogP contribution in [0.5, 0.6) is 5.75 Å². The normalized spacial score (nSPS) is 14.3. The zero-order valence-electron chi connectivity index (χ0n) is 13.8. The molecule has 0 fully saturated rings. The highest BCUT2D eigenvalue weighted by Crippen LogP contribution is 2.25. The summed E-state index contributed by atoms with van der Waals surface area (Å²) in [5, 5.41) is 0. The van der Waals surface area contributed by atoms with E-state index >= 15 is 0 Å². The van der Waals surface area contributed by atoms with E-state index in [1.54, 1.807) is 0 Å². The molecule has 0 saturated carbocycles. The predicted molar refractivity (Wildman–Crippen MR) is 93.3 cm³/mol. The van der Waals surface area contributed by atoms with Crippen molar-refractivity contribution in [2.24, 2.45) is 5.92 Å². The van der Waals surface area contributed by atoms with E-state index in [1.807, 2.05) is 38.1 Å². The number of halogens is 1. The summed E-state index contributed by atoms with van der Waals surface area (Å²) in [7, 11) is 0. The zero-order chi connectivity index (χ0) is 16.5. The number of hydrogen-bond acceptors (Lipinski definition) is 3. The Bertz CT molecular complexity index is 507. The minimum absolute atomic E-state index is 0.0286. The van der Waals surface area contributed by atoms with Gasteiger partial charge in [0.25, 0.3) is 0 Å². The molecule has 0 aliphatic rings. The number of hydrogen-bond donors (Lipinski definition) is 0. The highest BCUT2D eigenvalue weighted by atomic mass is 79.9. The Morgan fingerprint density at radius 2 is 2.00 bits per heavy atom. The second kappa shape index (κ2) is 9.67. The molecule has 1 aromatic carbocycles. The van der Waals surface area contributed by atoms with Gasteiger partial charge in [-0.15, -0.1) is 0 Å². The fraction of sp³-hybridized carbons (Fsp3) is 0.500. The lowest BCUT2D eigenvalue weighted by Gasteiger charge is -2.23. The van der Waals surface area contributed by atoms with Crippen LogP contribution in [-0.2, 0) is 16.0 Å². The summed E-state index contributed by atoms with van der Waals surface area (Å²) in [5.41, 5.74) is 0.863. The molecule has 0 radical (unpaired) electrons. The lowest BCUT2D eigenvalue weighted by molar-refractivity contribution is -0.142. The maximum absolute atomic E-state index is 11.7. The van der Waals surface area contributed by atoms with E-state index in [1.165, 1.54) is 0 Å². The third-order valence-corrected chi connectivity index (χ3v) is 3.71. The fourth-order valence-electron chi connectivity index (χ4n) is 2.30. The minimum atomic E-state index is -0.227. The number of rotatable bonds is 8. The molecule has 0 bridgehead atoms. The molecule has 4 heteroatoms. The molecule has 0 aliphatic carbocycles. The van der Waals surface area contributed by atoms with Crippen LogP contribution < -0.4 is 4.74 Å². The molecule has 22 heavy (non-hydrogen) atoms. The monoisotopic (exact) mass is 368 g/mol. The number of carbonyl (C=O) groups is 1. The maximum Gasteiger partial charge on any atom is 0.310 e. The van der Waals surface area contributed by atoms with Crippen molar-refractivity contribution in [2.45, 2.75) is 46.6 Å². The highest BCUT2D eigenvalue weighted by molar-refractivity contribution is 9.11. The van der Waals surface area contributed by atoms with Crippen LogP contribution in [0.2, 0.25) is 0 Å². The lowest BCUT2D eigenvalue weighted by Crippen LogP contribution is -2.22. The molecule has 0 aliphatic heterocycles. The first-order chi connectivity index (χ1) is 10.5. The van der Waals surface area contributed by atoms with Gasteiger partial charge in [-0.2, -0.15) is 0 Å². The van der Waals surface area contributed by atoms with Crippen LogP contribution >= 0.6 is 15.9 Å². The van der Waals surface area contributed by atoms with Gasteiger partial charge in [-0.1, -0.05) is 47.1 Å². The summed E-state index contributed by atoms with van der Waals surface area (Å²) in [4.78, 5) is 11.7. The molecular formula is C18H25BrO3. The van der Waals surface area contributed by atoms with Crippen molar-refractivity contribution in [3.05, 3.63) is 40.4 Å². The largest absolute Gasteiger partial charge is 0.490 e. The van der Waals surface area contributed by atoms with E-state index < -0.39 is 0 Å². The van der Waals surface area contributed by atoms with Crippen LogP contribution in [0, 0.1) is 5.92 Å². The topological polar surface area (TPSA) is 35.5 Å². The van der Waals surface area contributed by atoms with Crippen LogP contribution in [0.3, 0.4) is 0 Å². The summed E-state index contributed by atoms with van der Waals surface area (Å²) in [5.74, 6) is 0.839. The van der Waals surface area contributed by atoms with E-state index in [-0.39, 0.29) is 18.5 Å². The summed E-state index contributed by atoms with van der Waals surface area (Å²) >= 11 is 3.48. The van der Waals surface area contributed by atoms with E-state index in [0.29, 0.717) is 12.5 Å². The lowest BCUT2D eigenvalue weighted by atomic mass is 10.00. The number of carbonyl (C=O) groups excluding carboxylic acids is 1. The van der Waals surface area contributed by atoms with Crippen molar-refractivity contribution in [3.63, 3.8) is 0 Å². The van der Waals surface area contributed by atoms with Gasteiger partial charge in [0.05, 0.1) is 13.0 Å². The Hall–Kier alpha value is -1.29. The van der Waals surface area contributed by atoms with E-state index in [0.717, 1.165) is 22.2 Å².